The van der Waals surface area contributed by atoms with Crippen LogP contribution in [0.2, 0.25) is 0 Å². The van der Waals surface area contributed by atoms with E-state index < -0.39 is 0 Å². The second-order valence-electron chi connectivity index (χ2n) is 8.53. The van der Waals surface area contributed by atoms with Gasteiger partial charge in [0, 0.05) is 6.54 Å². The van der Waals surface area contributed by atoms with Gasteiger partial charge in [0.1, 0.15) is 0 Å². The lowest BCUT2D eigenvalue weighted by Crippen LogP contribution is -2.16. The van der Waals surface area contributed by atoms with Gasteiger partial charge in [-0.05, 0) is 60.9 Å². The monoisotopic (exact) mass is 381 g/mol. The average molecular weight is 382 g/mol. The van der Waals surface area contributed by atoms with Crippen LogP contribution in [0.25, 0.3) is 0 Å². The molecule has 1 unspecified atom stereocenters. The zero-order valence-electron chi connectivity index (χ0n) is 19.4. The molecular formula is C27H43N. The van der Waals surface area contributed by atoms with Gasteiger partial charge in [-0.2, -0.15) is 0 Å². The zero-order chi connectivity index (χ0) is 20.9. The van der Waals surface area contributed by atoms with E-state index in [4.69, 9.17) is 0 Å². The molecule has 1 nitrogen and oxygen atoms in total. The van der Waals surface area contributed by atoms with E-state index in [2.05, 4.69) is 108 Å². The minimum atomic E-state index is 0.604. The number of rotatable bonds is 9. The Hall–Kier alpha value is -1.60. The second kappa shape index (κ2) is 13.6. The SMILES string of the molecule is CCC(C)C.CCC(C[C@@H](C)c1ccccc1)c1ccc(CN(C)CC)cc1. The van der Waals surface area contributed by atoms with Crippen molar-refractivity contribution in [2.24, 2.45) is 5.92 Å². The molecule has 0 bridgehead atoms. The summed E-state index contributed by atoms with van der Waals surface area (Å²) in [6, 6.07) is 20.2. The smallest absolute Gasteiger partial charge is 0.0230 e. The van der Waals surface area contributed by atoms with Gasteiger partial charge in [-0.15, -0.1) is 0 Å². The maximum absolute atomic E-state index is 2.35. The molecule has 2 atom stereocenters. The van der Waals surface area contributed by atoms with Gasteiger partial charge in [0.25, 0.3) is 0 Å². The summed E-state index contributed by atoms with van der Waals surface area (Å²) >= 11 is 0. The van der Waals surface area contributed by atoms with Crippen LogP contribution >= 0.6 is 0 Å². The van der Waals surface area contributed by atoms with Crippen molar-refractivity contribution in [2.45, 2.75) is 79.2 Å². The minimum Gasteiger partial charge on any atom is -0.302 e. The normalized spacial score (nSPS) is 13.2. The maximum Gasteiger partial charge on any atom is 0.0230 e. The lowest BCUT2D eigenvalue weighted by Gasteiger charge is -2.21. The predicted octanol–water partition coefficient (Wildman–Crippen LogP) is 7.88. The Morgan fingerprint density at radius 2 is 1.32 bits per heavy atom. The molecular weight excluding hydrogens is 338 g/mol. The summed E-state index contributed by atoms with van der Waals surface area (Å²) in [5.41, 5.74) is 4.34. The molecule has 0 saturated carbocycles. The summed E-state index contributed by atoms with van der Waals surface area (Å²) in [6.07, 6.45) is 3.72. The van der Waals surface area contributed by atoms with Crippen molar-refractivity contribution in [3.8, 4) is 0 Å². The van der Waals surface area contributed by atoms with Crippen LogP contribution in [0.1, 0.15) is 89.3 Å². The average Bonchev–Trinajstić information content (AvgIpc) is 2.73. The Balaban J connectivity index is 0.000000696. The number of nitrogens with zero attached hydrogens (tertiary/aromatic N) is 1. The Morgan fingerprint density at radius 1 is 0.750 bits per heavy atom. The van der Waals surface area contributed by atoms with Crippen molar-refractivity contribution >= 4 is 0 Å². The van der Waals surface area contributed by atoms with Crippen molar-refractivity contribution in [1.82, 2.24) is 4.90 Å². The first-order chi connectivity index (χ1) is 13.4. The molecule has 0 spiro atoms. The highest BCUT2D eigenvalue weighted by atomic mass is 15.1. The van der Waals surface area contributed by atoms with Gasteiger partial charge < -0.3 is 4.90 Å². The molecule has 2 aromatic rings. The highest BCUT2D eigenvalue weighted by Crippen LogP contribution is 2.32. The number of benzene rings is 2. The van der Waals surface area contributed by atoms with E-state index in [0.717, 1.165) is 19.0 Å². The molecule has 0 radical (unpaired) electrons. The Labute approximate surface area is 175 Å². The van der Waals surface area contributed by atoms with Gasteiger partial charge in [-0.25, -0.2) is 0 Å². The first-order valence-electron chi connectivity index (χ1n) is 11.2. The Morgan fingerprint density at radius 3 is 1.79 bits per heavy atom. The molecule has 0 aliphatic carbocycles. The van der Waals surface area contributed by atoms with Crippen LogP contribution in [0.4, 0.5) is 0 Å². The van der Waals surface area contributed by atoms with Gasteiger partial charge >= 0.3 is 0 Å². The second-order valence-corrected chi connectivity index (χ2v) is 8.53. The molecule has 0 amide bonds. The third-order valence-electron chi connectivity index (χ3n) is 5.76. The molecule has 2 rings (SSSR count). The van der Waals surface area contributed by atoms with E-state index in [1.54, 1.807) is 0 Å². The number of hydrogen-bond acceptors (Lipinski definition) is 1. The first kappa shape index (κ1) is 24.4. The first-order valence-corrected chi connectivity index (χ1v) is 11.2. The van der Waals surface area contributed by atoms with Crippen LogP contribution in [-0.4, -0.2) is 18.5 Å². The lowest BCUT2D eigenvalue weighted by atomic mass is 9.84. The van der Waals surface area contributed by atoms with Crippen LogP contribution in [-0.2, 0) is 6.54 Å². The molecule has 2 aromatic carbocycles. The molecule has 1 heteroatoms. The lowest BCUT2D eigenvalue weighted by molar-refractivity contribution is 0.345. The molecule has 0 aromatic heterocycles. The summed E-state index contributed by atoms with van der Waals surface area (Å²) in [5, 5.41) is 0. The van der Waals surface area contributed by atoms with Crippen molar-refractivity contribution in [3.05, 3.63) is 71.3 Å². The van der Waals surface area contributed by atoms with E-state index in [1.807, 2.05) is 0 Å². The van der Waals surface area contributed by atoms with Crippen LogP contribution in [0.3, 0.4) is 0 Å². The fourth-order valence-electron chi connectivity index (χ4n) is 3.20. The summed E-state index contributed by atoms with van der Waals surface area (Å²) in [7, 11) is 2.17. The van der Waals surface area contributed by atoms with Crippen molar-refractivity contribution in [3.63, 3.8) is 0 Å². The van der Waals surface area contributed by atoms with E-state index in [9.17, 15) is 0 Å². The minimum absolute atomic E-state index is 0.604. The van der Waals surface area contributed by atoms with Crippen LogP contribution in [0, 0.1) is 5.92 Å². The Kier molecular flexibility index (Phi) is 11.8. The third-order valence-corrected chi connectivity index (χ3v) is 5.76. The largest absolute Gasteiger partial charge is 0.302 e. The third kappa shape index (κ3) is 9.06. The summed E-state index contributed by atoms with van der Waals surface area (Å²) in [6.45, 7) is 15.6. The molecule has 156 valence electrons. The fourth-order valence-corrected chi connectivity index (χ4v) is 3.20. The number of hydrogen-bond donors (Lipinski definition) is 0. The van der Waals surface area contributed by atoms with E-state index >= 15 is 0 Å². The van der Waals surface area contributed by atoms with Crippen molar-refractivity contribution in [2.75, 3.05) is 13.6 Å². The van der Waals surface area contributed by atoms with Gasteiger partial charge in [-0.1, -0.05) is 103 Å². The molecule has 0 aliphatic rings. The van der Waals surface area contributed by atoms with Crippen molar-refractivity contribution < 1.29 is 0 Å². The van der Waals surface area contributed by atoms with Gasteiger partial charge in [0.05, 0.1) is 0 Å². The highest BCUT2D eigenvalue weighted by molar-refractivity contribution is 5.27. The summed E-state index contributed by atoms with van der Waals surface area (Å²) < 4.78 is 0. The molecule has 0 saturated heterocycles. The summed E-state index contributed by atoms with van der Waals surface area (Å²) in [5.74, 6) is 2.13. The van der Waals surface area contributed by atoms with Crippen LogP contribution in [0.15, 0.2) is 54.6 Å². The zero-order valence-corrected chi connectivity index (χ0v) is 19.4. The molecule has 0 fully saturated rings. The maximum atomic E-state index is 2.35. The summed E-state index contributed by atoms with van der Waals surface area (Å²) in [4.78, 5) is 2.34. The molecule has 0 aliphatic heterocycles. The fraction of sp³-hybridized carbons (Fsp3) is 0.556. The molecule has 0 N–H and O–H groups in total. The van der Waals surface area contributed by atoms with Crippen LogP contribution < -0.4 is 0 Å². The predicted molar refractivity (Wildman–Crippen MR) is 126 cm³/mol. The van der Waals surface area contributed by atoms with E-state index in [-0.39, 0.29) is 0 Å². The van der Waals surface area contributed by atoms with Gasteiger partial charge in [0.15, 0.2) is 0 Å². The van der Waals surface area contributed by atoms with Crippen LogP contribution in [0.5, 0.6) is 0 Å². The van der Waals surface area contributed by atoms with E-state index in [1.165, 1.54) is 36.0 Å². The van der Waals surface area contributed by atoms with Crippen molar-refractivity contribution in [1.29, 1.82) is 0 Å². The molecule has 28 heavy (non-hydrogen) atoms. The van der Waals surface area contributed by atoms with Gasteiger partial charge in [-0.3, -0.25) is 0 Å². The topological polar surface area (TPSA) is 3.24 Å². The van der Waals surface area contributed by atoms with E-state index in [0.29, 0.717) is 11.8 Å². The Bertz CT molecular complexity index is 614. The van der Waals surface area contributed by atoms with Gasteiger partial charge in [0.2, 0.25) is 0 Å². The standard InChI is InChI=1S/C22H31N.C5H12/c1-5-20(16-18(3)21-10-8-7-9-11-21)22-14-12-19(13-15-22)17-23(4)6-2;1-4-5(2)3/h7-15,18,20H,5-6,16-17H2,1-4H3;5H,4H2,1-3H3/t18-,20?;/m1./s1. The quantitative estimate of drug-likeness (QED) is 0.427. The molecule has 0 heterocycles. The highest BCUT2D eigenvalue weighted by Gasteiger charge is 2.15.